The van der Waals surface area contributed by atoms with Crippen LogP contribution in [0.4, 0.5) is 5.69 Å². The smallest absolute Gasteiger partial charge is 0.261 e. The second-order valence-corrected chi connectivity index (χ2v) is 7.42. The van der Waals surface area contributed by atoms with Crippen molar-refractivity contribution in [2.75, 3.05) is 4.72 Å². The topological polar surface area (TPSA) is 66.4 Å². The Morgan fingerprint density at radius 3 is 2.24 bits per heavy atom. The van der Waals surface area contributed by atoms with Gasteiger partial charge in [-0.2, -0.15) is 0 Å². The zero-order valence-corrected chi connectivity index (χ0v) is 14.3. The van der Waals surface area contributed by atoms with Crippen LogP contribution < -0.4 is 4.72 Å². The van der Waals surface area contributed by atoms with Crippen LogP contribution in [0.1, 0.15) is 16.7 Å². The molecule has 0 aliphatic heterocycles. The van der Waals surface area contributed by atoms with Gasteiger partial charge < -0.3 is 5.11 Å². The molecule has 6 heteroatoms. The quantitative estimate of drug-likeness (QED) is 0.806. The molecule has 0 bridgehead atoms. The normalized spacial score (nSPS) is 11.4. The van der Waals surface area contributed by atoms with Gasteiger partial charge in [0.05, 0.1) is 15.1 Å². The van der Waals surface area contributed by atoms with Crippen LogP contribution in [0.2, 0.25) is 0 Å². The first-order chi connectivity index (χ1) is 9.72. The van der Waals surface area contributed by atoms with Crippen molar-refractivity contribution in [3.8, 4) is 5.75 Å². The van der Waals surface area contributed by atoms with Crippen LogP contribution in [-0.2, 0) is 10.0 Å². The number of hydrogen-bond donors (Lipinski definition) is 2. The number of rotatable bonds is 3. The average molecular weight is 370 g/mol. The molecular weight excluding hydrogens is 354 g/mol. The van der Waals surface area contributed by atoms with Gasteiger partial charge in [0.25, 0.3) is 10.0 Å². The van der Waals surface area contributed by atoms with Gasteiger partial charge in [-0.05, 0) is 66.0 Å². The molecular formula is C15H16BrNO3S. The lowest BCUT2D eigenvalue weighted by molar-refractivity contribution is 0.467. The number of hydrogen-bond acceptors (Lipinski definition) is 3. The fourth-order valence-corrected chi connectivity index (χ4v) is 3.53. The Hall–Kier alpha value is -1.53. The molecule has 2 aromatic carbocycles. The first kappa shape index (κ1) is 15.9. The third kappa shape index (κ3) is 3.22. The molecule has 0 saturated carbocycles. The van der Waals surface area contributed by atoms with E-state index in [4.69, 9.17) is 0 Å². The third-order valence-electron chi connectivity index (χ3n) is 3.25. The van der Waals surface area contributed by atoms with Gasteiger partial charge in [-0.1, -0.05) is 17.7 Å². The zero-order valence-electron chi connectivity index (χ0n) is 11.9. The van der Waals surface area contributed by atoms with Gasteiger partial charge in [-0.15, -0.1) is 0 Å². The average Bonchev–Trinajstić information content (AvgIpc) is 2.42. The first-order valence-corrected chi connectivity index (χ1v) is 8.58. The van der Waals surface area contributed by atoms with Crippen LogP contribution in [0, 0.1) is 20.8 Å². The van der Waals surface area contributed by atoms with Crippen LogP contribution in [0.3, 0.4) is 0 Å². The van der Waals surface area contributed by atoms with E-state index in [1.54, 1.807) is 44.2 Å². The fourth-order valence-electron chi connectivity index (χ4n) is 1.89. The summed E-state index contributed by atoms with van der Waals surface area (Å²) in [5.41, 5.74) is 2.66. The van der Waals surface area contributed by atoms with Crippen molar-refractivity contribution in [3.05, 3.63) is 51.5 Å². The van der Waals surface area contributed by atoms with E-state index in [2.05, 4.69) is 20.7 Å². The summed E-state index contributed by atoms with van der Waals surface area (Å²) >= 11 is 3.27. The van der Waals surface area contributed by atoms with Crippen molar-refractivity contribution in [2.24, 2.45) is 0 Å². The molecule has 2 rings (SSSR count). The molecule has 21 heavy (non-hydrogen) atoms. The molecule has 0 unspecified atom stereocenters. The molecule has 0 radical (unpaired) electrons. The van der Waals surface area contributed by atoms with Gasteiger partial charge in [0.2, 0.25) is 0 Å². The highest BCUT2D eigenvalue weighted by Gasteiger charge is 2.18. The number of sulfonamides is 1. The predicted molar refractivity (Wildman–Crippen MR) is 87.3 cm³/mol. The highest BCUT2D eigenvalue weighted by Crippen LogP contribution is 2.36. The van der Waals surface area contributed by atoms with E-state index >= 15 is 0 Å². The van der Waals surface area contributed by atoms with E-state index in [-0.39, 0.29) is 10.6 Å². The van der Waals surface area contributed by atoms with Crippen LogP contribution >= 0.6 is 15.9 Å². The minimum atomic E-state index is -3.65. The number of anilines is 1. The third-order valence-corrected chi connectivity index (χ3v) is 5.60. The molecule has 0 fully saturated rings. The molecule has 0 spiro atoms. The number of benzene rings is 2. The Labute approximate surface area is 133 Å². The summed E-state index contributed by atoms with van der Waals surface area (Å²) in [7, 11) is -3.65. The van der Waals surface area contributed by atoms with E-state index in [0.29, 0.717) is 21.3 Å². The van der Waals surface area contributed by atoms with E-state index < -0.39 is 10.0 Å². The number of aryl methyl sites for hydroxylation is 2. The second-order valence-electron chi connectivity index (χ2n) is 4.95. The Kier molecular flexibility index (Phi) is 4.30. The minimum absolute atomic E-state index is 0.116. The standard InChI is InChI=1S/C15H16BrNO3S/c1-9-4-6-12(7-5-9)21(19,20)17-13-8-10(2)15(18)14(16)11(13)3/h4-8,17-18H,1-3H3. The lowest BCUT2D eigenvalue weighted by Gasteiger charge is -2.14. The van der Waals surface area contributed by atoms with E-state index in [1.807, 2.05) is 6.92 Å². The van der Waals surface area contributed by atoms with Crippen molar-refractivity contribution < 1.29 is 13.5 Å². The summed E-state index contributed by atoms with van der Waals surface area (Å²) in [5.74, 6) is 0.116. The van der Waals surface area contributed by atoms with Crippen molar-refractivity contribution in [3.63, 3.8) is 0 Å². The van der Waals surface area contributed by atoms with Crippen molar-refractivity contribution in [1.29, 1.82) is 0 Å². The molecule has 4 nitrogen and oxygen atoms in total. The maximum Gasteiger partial charge on any atom is 0.261 e. The molecule has 0 aliphatic carbocycles. The summed E-state index contributed by atoms with van der Waals surface area (Å²) in [6.45, 7) is 5.34. The predicted octanol–water partition coefficient (Wildman–Crippen LogP) is 3.88. The van der Waals surface area contributed by atoms with Gasteiger partial charge in [-0.3, -0.25) is 4.72 Å². The molecule has 0 heterocycles. The van der Waals surface area contributed by atoms with Crippen LogP contribution in [0.5, 0.6) is 5.75 Å². The molecule has 0 amide bonds. The summed E-state index contributed by atoms with van der Waals surface area (Å²) in [5, 5.41) is 9.83. The molecule has 112 valence electrons. The van der Waals surface area contributed by atoms with E-state index in [9.17, 15) is 13.5 Å². The second kappa shape index (κ2) is 5.69. The summed E-state index contributed by atoms with van der Waals surface area (Å²) in [4.78, 5) is 0.203. The molecule has 0 aliphatic rings. The van der Waals surface area contributed by atoms with Gasteiger partial charge in [0, 0.05) is 0 Å². The maximum absolute atomic E-state index is 12.4. The summed E-state index contributed by atoms with van der Waals surface area (Å²) in [6.07, 6.45) is 0. The Bertz CT molecular complexity index is 784. The molecule has 0 atom stereocenters. The van der Waals surface area contributed by atoms with Crippen molar-refractivity contribution in [1.82, 2.24) is 0 Å². The fraction of sp³-hybridized carbons (Fsp3) is 0.200. The number of phenols is 1. The van der Waals surface area contributed by atoms with Gasteiger partial charge in [-0.25, -0.2) is 8.42 Å². The molecule has 0 aromatic heterocycles. The van der Waals surface area contributed by atoms with Gasteiger partial charge in [0.15, 0.2) is 0 Å². The Morgan fingerprint density at radius 2 is 1.67 bits per heavy atom. The Morgan fingerprint density at radius 1 is 1.10 bits per heavy atom. The monoisotopic (exact) mass is 369 g/mol. The lowest BCUT2D eigenvalue weighted by Crippen LogP contribution is -2.14. The highest BCUT2D eigenvalue weighted by atomic mass is 79.9. The van der Waals surface area contributed by atoms with Gasteiger partial charge in [0.1, 0.15) is 5.75 Å². The largest absolute Gasteiger partial charge is 0.506 e. The minimum Gasteiger partial charge on any atom is -0.506 e. The SMILES string of the molecule is Cc1ccc(S(=O)(=O)Nc2cc(C)c(O)c(Br)c2C)cc1. The summed E-state index contributed by atoms with van der Waals surface area (Å²) in [6, 6.07) is 8.24. The number of aromatic hydroxyl groups is 1. The van der Waals surface area contributed by atoms with Gasteiger partial charge >= 0.3 is 0 Å². The molecule has 2 aromatic rings. The molecule has 2 N–H and O–H groups in total. The van der Waals surface area contributed by atoms with Crippen LogP contribution in [-0.4, -0.2) is 13.5 Å². The first-order valence-electron chi connectivity index (χ1n) is 6.30. The lowest BCUT2D eigenvalue weighted by atomic mass is 10.1. The maximum atomic E-state index is 12.4. The highest BCUT2D eigenvalue weighted by molar-refractivity contribution is 9.10. The van der Waals surface area contributed by atoms with Crippen LogP contribution in [0.25, 0.3) is 0 Å². The number of nitrogens with one attached hydrogen (secondary N) is 1. The number of halogens is 1. The summed E-state index contributed by atoms with van der Waals surface area (Å²) < 4.78 is 27.8. The van der Waals surface area contributed by atoms with Crippen molar-refractivity contribution >= 4 is 31.6 Å². The number of phenolic OH excluding ortho intramolecular Hbond substituents is 1. The molecule has 0 saturated heterocycles. The van der Waals surface area contributed by atoms with E-state index in [1.165, 1.54) is 0 Å². The van der Waals surface area contributed by atoms with E-state index in [0.717, 1.165) is 5.56 Å². The zero-order chi connectivity index (χ0) is 15.8. The Balaban J connectivity index is 2.44. The van der Waals surface area contributed by atoms with Crippen LogP contribution in [0.15, 0.2) is 39.7 Å². The van der Waals surface area contributed by atoms with Crippen molar-refractivity contribution in [2.45, 2.75) is 25.7 Å².